The van der Waals surface area contributed by atoms with Crippen molar-refractivity contribution in [3.05, 3.63) is 88.6 Å². The van der Waals surface area contributed by atoms with E-state index in [1.165, 1.54) is 13.1 Å². The SMILES string of the molecule is CCOc1cc(C(Nc2ccc(C(=N)N)cc2)C(=O)NNC(=O)c2ccccc2[NH+](C)[O-])ccc1OC(C)C. The number of para-hydroxylation sites is 1. The van der Waals surface area contributed by atoms with Crippen LogP contribution in [-0.2, 0) is 4.79 Å². The van der Waals surface area contributed by atoms with Crippen molar-refractivity contribution in [1.82, 2.24) is 10.9 Å². The molecule has 2 amide bonds. The number of rotatable bonds is 11. The predicted molar refractivity (Wildman–Crippen MR) is 149 cm³/mol. The monoisotopic (exact) mass is 534 g/mol. The number of carbonyl (C=O) groups is 2. The van der Waals surface area contributed by atoms with Crippen molar-refractivity contribution in [2.45, 2.75) is 32.9 Å². The van der Waals surface area contributed by atoms with Crippen LogP contribution in [-0.4, -0.2) is 37.4 Å². The number of ether oxygens (including phenoxy) is 2. The summed E-state index contributed by atoms with van der Waals surface area (Å²) < 4.78 is 11.6. The minimum atomic E-state index is -0.969. The molecule has 0 aliphatic carbocycles. The highest BCUT2D eigenvalue weighted by Crippen LogP contribution is 2.33. The number of quaternary nitrogens is 1. The first-order valence-electron chi connectivity index (χ1n) is 12.4. The van der Waals surface area contributed by atoms with E-state index in [9.17, 15) is 14.8 Å². The molecule has 0 radical (unpaired) electrons. The molecular weight excluding hydrogens is 500 g/mol. The number of hydrogen-bond donors (Lipinski definition) is 6. The van der Waals surface area contributed by atoms with Gasteiger partial charge in [-0.3, -0.25) is 25.8 Å². The topological polar surface area (TPSA) is 166 Å². The summed E-state index contributed by atoms with van der Waals surface area (Å²) in [5.41, 5.74) is 12.4. The summed E-state index contributed by atoms with van der Waals surface area (Å²) in [6.45, 7) is 6.04. The van der Waals surface area contributed by atoms with Crippen molar-refractivity contribution < 1.29 is 24.1 Å². The van der Waals surface area contributed by atoms with E-state index in [-0.39, 0.29) is 28.3 Å². The summed E-state index contributed by atoms with van der Waals surface area (Å²) in [5.74, 6) is -0.274. The number of carbonyl (C=O) groups excluding carboxylic acids is 2. The maximum atomic E-state index is 13.4. The smallest absolute Gasteiger partial charge is 0.275 e. The Morgan fingerprint density at radius 1 is 1.03 bits per heavy atom. The Kier molecular flexibility index (Phi) is 9.85. The van der Waals surface area contributed by atoms with Crippen molar-refractivity contribution in [2.24, 2.45) is 5.73 Å². The number of amidine groups is 1. The minimum absolute atomic E-state index is 0.0773. The van der Waals surface area contributed by atoms with E-state index in [1.807, 2.05) is 20.8 Å². The summed E-state index contributed by atoms with van der Waals surface area (Å²) in [5, 5.41) is 22.4. The third-order valence-electron chi connectivity index (χ3n) is 5.58. The number of nitrogens with two attached hydrogens (primary N) is 1. The van der Waals surface area contributed by atoms with Gasteiger partial charge in [0.15, 0.2) is 11.5 Å². The van der Waals surface area contributed by atoms with Gasteiger partial charge in [-0.2, -0.15) is 0 Å². The molecule has 7 N–H and O–H groups in total. The van der Waals surface area contributed by atoms with Gasteiger partial charge in [-0.05, 0) is 68.8 Å². The van der Waals surface area contributed by atoms with E-state index in [2.05, 4.69) is 16.2 Å². The number of anilines is 1. The molecule has 0 aliphatic heterocycles. The second-order valence-corrected chi connectivity index (χ2v) is 8.92. The van der Waals surface area contributed by atoms with Gasteiger partial charge in [0.1, 0.15) is 23.1 Å². The molecule has 2 unspecified atom stereocenters. The van der Waals surface area contributed by atoms with Crippen LogP contribution in [0.25, 0.3) is 0 Å². The van der Waals surface area contributed by atoms with Crippen LogP contribution >= 0.6 is 0 Å². The molecule has 0 bridgehead atoms. The highest BCUT2D eigenvalue weighted by molar-refractivity contribution is 5.99. The third kappa shape index (κ3) is 7.69. The van der Waals surface area contributed by atoms with Gasteiger partial charge in [-0.1, -0.05) is 18.2 Å². The molecular formula is C28H34N6O5. The first kappa shape index (κ1) is 29.0. The molecule has 0 aromatic heterocycles. The zero-order valence-corrected chi connectivity index (χ0v) is 22.3. The Balaban J connectivity index is 1.90. The van der Waals surface area contributed by atoms with Gasteiger partial charge in [0.2, 0.25) is 0 Å². The summed E-state index contributed by atoms with van der Waals surface area (Å²) in [6.07, 6.45) is -0.0832. The fourth-order valence-corrected chi connectivity index (χ4v) is 3.78. The lowest BCUT2D eigenvalue weighted by Crippen LogP contribution is -2.98. The van der Waals surface area contributed by atoms with E-state index >= 15 is 0 Å². The van der Waals surface area contributed by atoms with Gasteiger partial charge in [-0.25, -0.2) is 0 Å². The van der Waals surface area contributed by atoms with Crippen LogP contribution in [0.5, 0.6) is 11.5 Å². The molecule has 0 aliphatic rings. The van der Waals surface area contributed by atoms with Crippen LogP contribution < -0.4 is 36.4 Å². The van der Waals surface area contributed by atoms with Crippen molar-refractivity contribution in [1.29, 1.82) is 5.41 Å². The van der Waals surface area contributed by atoms with Crippen LogP contribution in [0.1, 0.15) is 48.3 Å². The predicted octanol–water partition coefficient (Wildman–Crippen LogP) is 2.41. The van der Waals surface area contributed by atoms with E-state index in [0.717, 1.165) is 0 Å². The maximum Gasteiger partial charge on any atom is 0.275 e. The quantitative estimate of drug-likeness (QED) is 0.125. The standard InChI is InChI=1S/C28H34N6O5/c1-5-38-24-16-19(12-15-23(24)39-17(2)3)25(31-20-13-10-18(11-14-20)26(29)30)28(36)33-32-27(35)21-8-6-7-9-22(21)34(4)37/h6-17,25,31,34H,5H2,1-4H3,(H3,29,30)(H,32,35)(H,33,36). The molecule has 0 saturated carbocycles. The Labute approximate surface area is 227 Å². The second-order valence-electron chi connectivity index (χ2n) is 8.92. The molecule has 0 heterocycles. The van der Waals surface area contributed by atoms with Crippen molar-refractivity contribution in [2.75, 3.05) is 19.0 Å². The molecule has 2 atom stereocenters. The van der Waals surface area contributed by atoms with Crippen LogP contribution in [0.3, 0.4) is 0 Å². The van der Waals surface area contributed by atoms with Gasteiger partial charge < -0.3 is 30.8 Å². The number of hydroxylamine groups is 1. The molecule has 206 valence electrons. The van der Waals surface area contributed by atoms with Crippen molar-refractivity contribution >= 4 is 29.0 Å². The third-order valence-corrected chi connectivity index (χ3v) is 5.58. The van der Waals surface area contributed by atoms with Gasteiger partial charge in [-0.15, -0.1) is 0 Å². The first-order valence-corrected chi connectivity index (χ1v) is 12.4. The summed E-state index contributed by atoms with van der Waals surface area (Å²) in [6, 6.07) is 17.2. The van der Waals surface area contributed by atoms with Gasteiger partial charge in [0, 0.05) is 17.3 Å². The zero-order valence-electron chi connectivity index (χ0n) is 22.3. The molecule has 3 aromatic carbocycles. The van der Waals surface area contributed by atoms with Crippen LogP contribution in [0.15, 0.2) is 66.7 Å². The fourth-order valence-electron chi connectivity index (χ4n) is 3.78. The number of hydrogen-bond acceptors (Lipinski definition) is 7. The number of hydrazine groups is 1. The molecule has 0 spiro atoms. The summed E-state index contributed by atoms with van der Waals surface area (Å²) >= 11 is 0. The van der Waals surface area contributed by atoms with Crippen LogP contribution in [0, 0.1) is 10.6 Å². The van der Waals surface area contributed by atoms with Crippen molar-refractivity contribution in [3.8, 4) is 11.5 Å². The lowest BCUT2D eigenvalue weighted by molar-refractivity contribution is -0.751. The fraction of sp³-hybridized carbons (Fsp3) is 0.250. The second kappa shape index (κ2) is 13.3. The molecule has 11 heteroatoms. The van der Waals surface area contributed by atoms with Crippen LogP contribution in [0.4, 0.5) is 11.4 Å². The van der Waals surface area contributed by atoms with Crippen LogP contribution in [0.2, 0.25) is 0 Å². The maximum absolute atomic E-state index is 13.4. The number of nitrogens with one attached hydrogen (secondary N) is 5. The Morgan fingerprint density at radius 3 is 2.33 bits per heavy atom. The highest BCUT2D eigenvalue weighted by atomic mass is 16.5. The zero-order chi connectivity index (χ0) is 28.5. The molecule has 11 nitrogen and oxygen atoms in total. The largest absolute Gasteiger partial charge is 0.629 e. The van der Waals surface area contributed by atoms with Crippen molar-refractivity contribution in [3.63, 3.8) is 0 Å². The van der Waals surface area contributed by atoms with E-state index < -0.39 is 17.9 Å². The molecule has 39 heavy (non-hydrogen) atoms. The molecule has 0 fully saturated rings. The Hall–Kier alpha value is -4.61. The molecule has 3 aromatic rings. The minimum Gasteiger partial charge on any atom is -0.629 e. The van der Waals surface area contributed by atoms with E-state index in [4.69, 9.17) is 20.6 Å². The lowest BCUT2D eigenvalue weighted by atomic mass is 10.0. The van der Waals surface area contributed by atoms with Gasteiger partial charge >= 0.3 is 0 Å². The van der Waals surface area contributed by atoms with Gasteiger partial charge in [0.05, 0.1) is 19.8 Å². The summed E-state index contributed by atoms with van der Waals surface area (Å²) in [4.78, 5) is 26.2. The van der Waals surface area contributed by atoms with E-state index in [0.29, 0.717) is 34.9 Å². The average Bonchev–Trinajstić information content (AvgIpc) is 2.91. The number of nitrogen functional groups attached to an aromatic ring is 1. The van der Waals surface area contributed by atoms with E-state index in [1.54, 1.807) is 60.7 Å². The Bertz CT molecular complexity index is 1310. The molecule has 0 saturated heterocycles. The first-order chi connectivity index (χ1) is 18.6. The normalized spacial score (nSPS) is 12.3. The number of benzene rings is 3. The molecule has 3 rings (SSSR count). The summed E-state index contributed by atoms with van der Waals surface area (Å²) in [7, 11) is 1.37. The highest BCUT2D eigenvalue weighted by Gasteiger charge is 2.24. The lowest BCUT2D eigenvalue weighted by Gasteiger charge is -2.23. The Morgan fingerprint density at radius 2 is 1.72 bits per heavy atom. The number of amides is 2. The average molecular weight is 535 g/mol. The van der Waals surface area contributed by atoms with Gasteiger partial charge in [0.25, 0.3) is 11.8 Å².